The van der Waals surface area contributed by atoms with Crippen LogP contribution in [0.25, 0.3) is 0 Å². The van der Waals surface area contributed by atoms with Gasteiger partial charge >= 0.3 is 0 Å². The largest absolute Gasteiger partial charge is 0.493 e. The van der Waals surface area contributed by atoms with Crippen LogP contribution in [0.4, 0.5) is 4.39 Å². The van der Waals surface area contributed by atoms with Crippen molar-refractivity contribution in [2.75, 3.05) is 33.9 Å². The molecule has 1 fully saturated rings. The maximum absolute atomic E-state index is 13.6. The normalized spacial score (nSPS) is 17.2. The molecule has 0 bridgehead atoms. The number of nitrogens with one attached hydrogen (secondary N) is 1. The molecule has 1 atom stereocenters. The molecule has 6 heteroatoms. The molecule has 1 amide bonds. The number of amides is 1. The molecule has 0 spiro atoms. The Bertz CT molecular complexity index is 766. The summed E-state index contributed by atoms with van der Waals surface area (Å²) in [6.07, 6.45) is 0. The first-order valence-corrected chi connectivity index (χ1v) is 8.14. The lowest BCUT2D eigenvalue weighted by Crippen LogP contribution is -2.48. The summed E-state index contributed by atoms with van der Waals surface area (Å²) in [5, 5.41) is 3.27. The third-order valence-corrected chi connectivity index (χ3v) is 4.37. The zero-order valence-electron chi connectivity index (χ0n) is 14.3. The summed E-state index contributed by atoms with van der Waals surface area (Å²) in [5.74, 6) is 0.443. The van der Waals surface area contributed by atoms with Gasteiger partial charge in [-0.1, -0.05) is 18.2 Å². The van der Waals surface area contributed by atoms with Gasteiger partial charge in [0.2, 0.25) is 0 Å². The van der Waals surface area contributed by atoms with E-state index in [4.69, 9.17) is 9.47 Å². The standard InChI is InChI=1S/C19H21FN2O3/c1-24-17-8-4-7-15(18(17)25-2)19(23)22-10-9-21-12-16(22)13-5-3-6-14(20)11-13/h3-8,11,16,21H,9-10,12H2,1-2H3. The van der Waals surface area contributed by atoms with E-state index in [9.17, 15) is 9.18 Å². The smallest absolute Gasteiger partial charge is 0.258 e. The highest BCUT2D eigenvalue weighted by atomic mass is 19.1. The molecule has 0 aliphatic carbocycles. The molecule has 2 aromatic carbocycles. The van der Waals surface area contributed by atoms with Gasteiger partial charge in [0.15, 0.2) is 11.5 Å². The van der Waals surface area contributed by atoms with E-state index in [0.29, 0.717) is 36.7 Å². The second-order valence-corrected chi connectivity index (χ2v) is 5.81. The van der Waals surface area contributed by atoms with Gasteiger partial charge in [-0.25, -0.2) is 4.39 Å². The predicted octanol–water partition coefficient (Wildman–Crippen LogP) is 2.63. The molecule has 1 unspecified atom stereocenters. The lowest BCUT2D eigenvalue weighted by atomic mass is 10.0. The number of rotatable bonds is 4. The first kappa shape index (κ1) is 17.2. The summed E-state index contributed by atoms with van der Waals surface area (Å²) in [7, 11) is 3.04. The monoisotopic (exact) mass is 344 g/mol. The topological polar surface area (TPSA) is 50.8 Å². The van der Waals surface area contributed by atoms with Crippen LogP contribution in [0.5, 0.6) is 11.5 Å². The van der Waals surface area contributed by atoms with E-state index >= 15 is 0 Å². The molecule has 0 saturated carbocycles. The van der Waals surface area contributed by atoms with Gasteiger partial charge in [0.25, 0.3) is 5.91 Å². The van der Waals surface area contributed by atoms with Crippen molar-refractivity contribution in [3.05, 3.63) is 59.4 Å². The molecule has 0 radical (unpaired) electrons. The Morgan fingerprint density at radius 3 is 2.72 bits per heavy atom. The number of piperazine rings is 1. The van der Waals surface area contributed by atoms with Crippen molar-refractivity contribution in [1.29, 1.82) is 0 Å². The minimum Gasteiger partial charge on any atom is -0.493 e. The fraction of sp³-hybridized carbons (Fsp3) is 0.316. The molecule has 0 aromatic heterocycles. The van der Waals surface area contributed by atoms with E-state index in [1.165, 1.54) is 26.4 Å². The first-order chi connectivity index (χ1) is 12.2. The highest BCUT2D eigenvalue weighted by molar-refractivity contribution is 5.98. The third kappa shape index (κ3) is 3.44. The quantitative estimate of drug-likeness (QED) is 0.926. The van der Waals surface area contributed by atoms with Crippen molar-refractivity contribution >= 4 is 5.91 Å². The Morgan fingerprint density at radius 1 is 1.20 bits per heavy atom. The van der Waals surface area contributed by atoms with Crippen LogP contribution in [0.15, 0.2) is 42.5 Å². The number of hydrogen-bond donors (Lipinski definition) is 1. The third-order valence-electron chi connectivity index (χ3n) is 4.37. The van der Waals surface area contributed by atoms with Crippen LogP contribution >= 0.6 is 0 Å². The van der Waals surface area contributed by atoms with Crippen LogP contribution in [-0.2, 0) is 0 Å². The number of hydrogen-bond acceptors (Lipinski definition) is 4. The van der Waals surface area contributed by atoms with Gasteiger partial charge in [0.05, 0.1) is 25.8 Å². The summed E-state index contributed by atoms with van der Waals surface area (Å²) in [6.45, 7) is 1.78. The molecular weight excluding hydrogens is 323 g/mol. The Labute approximate surface area is 146 Å². The van der Waals surface area contributed by atoms with E-state index in [1.54, 1.807) is 29.2 Å². The van der Waals surface area contributed by atoms with Crippen molar-refractivity contribution in [2.24, 2.45) is 0 Å². The van der Waals surface area contributed by atoms with Crippen molar-refractivity contribution in [3.8, 4) is 11.5 Å². The average Bonchev–Trinajstić information content (AvgIpc) is 2.66. The van der Waals surface area contributed by atoms with Gasteiger partial charge < -0.3 is 19.7 Å². The van der Waals surface area contributed by atoms with Crippen LogP contribution < -0.4 is 14.8 Å². The summed E-state index contributed by atoms with van der Waals surface area (Å²) in [6, 6.07) is 11.3. The Balaban J connectivity index is 1.97. The number of benzene rings is 2. The number of carbonyl (C=O) groups is 1. The molecule has 1 heterocycles. The molecule has 25 heavy (non-hydrogen) atoms. The maximum Gasteiger partial charge on any atom is 0.258 e. The molecule has 3 rings (SSSR count). The van der Waals surface area contributed by atoms with Gasteiger partial charge in [-0.2, -0.15) is 0 Å². The number of methoxy groups -OCH3 is 2. The summed E-state index contributed by atoms with van der Waals surface area (Å²) < 4.78 is 24.3. The Morgan fingerprint density at radius 2 is 2.00 bits per heavy atom. The highest BCUT2D eigenvalue weighted by Gasteiger charge is 2.31. The minimum absolute atomic E-state index is 0.161. The van der Waals surface area contributed by atoms with Crippen molar-refractivity contribution in [2.45, 2.75) is 6.04 Å². The predicted molar refractivity (Wildman–Crippen MR) is 92.6 cm³/mol. The zero-order chi connectivity index (χ0) is 17.8. The van der Waals surface area contributed by atoms with Crippen molar-refractivity contribution in [3.63, 3.8) is 0 Å². The number of nitrogens with zero attached hydrogens (tertiary/aromatic N) is 1. The number of ether oxygens (including phenoxy) is 2. The summed E-state index contributed by atoms with van der Waals surface area (Å²) in [4.78, 5) is 14.9. The van der Waals surface area contributed by atoms with Gasteiger partial charge in [0.1, 0.15) is 5.82 Å². The van der Waals surface area contributed by atoms with Crippen LogP contribution in [0.1, 0.15) is 22.0 Å². The summed E-state index contributed by atoms with van der Waals surface area (Å²) >= 11 is 0. The fourth-order valence-corrected chi connectivity index (χ4v) is 3.17. The molecule has 5 nitrogen and oxygen atoms in total. The fourth-order valence-electron chi connectivity index (χ4n) is 3.17. The van der Waals surface area contributed by atoms with E-state index in [-0.39, 0.29) is 17.8 Å². The molecule has 2 aromatic rings. The van der Waals surface area contributed by atoms with E-state index in [1.807, 2.05) is 6.07 Å². The highest BCUT2D eigenvalue weighted by Crippen LogP contribution is 2.33. The van der Waals surface area contributed by atoms with Crippen molar-refractivity contribution < 1.29 is 18.7 Å². The first-order valence-electron chi connectivity index (χ1n) is 8.14. The molecule has 1 saturated heterocycles. The second kappa shape index (κ2) is 7.53. The van der Waals surface area contributed by atoms with Crippen LogP contribution in [-0.4, -0.2) is 44.7 Å². The molecule has 1 aliphatic heterocycles. The maximum atomic E-state index is 13.6. The minimum atomic E-state index is -0.311. The van der Waals surface area contributed by atoms with E-state index in [0.717, 1.165) is 5.56 Å². The number of para-hydroxylation sites is 1. The number of halogens is 1. The van der Waals surface area contributed by atoms with Gasteiger partial charge in [-0.15, -0.1) is 0 Å². The summed E-state index contributed by atoms with van der Waals surface area (Å²) in [5.41, 5.74) is 1.20. The van der Waals surface area contributed by atoms with Gasteiger partial charge in [0, 0.05) is 19.6 Å². The van der Waals surface area contributed by atoms with E-state index in [2.05, 4.69) is 5.32 Å². The van der Waals surface area contributed by atoms with E-state index < -0.39 is 0 Å². The van der Waals surface area contributed by atoms with Crippen molar-refractivity contribution in [1.82, 2.24) is 10.2 Å². The van der Waals surface area contributed by atoms with Crippen LogP contribution in [0, 0.1) is 5.82 Å². The second-order valence-electron chi connectivity index (χ2n) is 5.81. The average molecular weight is 344 g/mol. The lowest BCUT2D eigenvalue weighted by Gasteiger charge is -2.37. The Hall–Kier alpha value is -2.60. The van der Waals surface area contributed by atoms with Crippen LogP contribution in [0.2, 0.25) is 0 Å². The SMILES string of the molecule is COc1cccc(C(=O)N2CCNCC2c2cccc(F)c2)c1OC. The molecule has 1 N–H and O–H groups in total. The molecular formula is C19H21FN2O3. The zero-order valence-corrected chi connectivity index (χ0v) is 14.3. The van der Waals surface area contributed by atoms with Gasteiger partial charge in [-0.05, 0) is 29.8 Å². The van der Waals surface area contributed by atoms with Gasteiger partial charge in [-0.3, -0.25) is 4.79 Å². The van der Waals surface area contributed by atoms with Crippen LogP contribution in [0.3, 0.4) is 0 Å². The molecule has 132 valence electrons. The number of carbonyl (C=O) groups excluding carboxylic acids is 1. The Kier molecular flexibility index (Phi) is 5.19. The lowest BCUT2D eigenvalue weighted by molar-refractivity contribution is 0.0630. The molecule has 1 aliphatic rings.